The molecule has 2 aromatic rings. The smallest absolute Gasteiger partial charge is 0.353 e. The number of aromatic nitrogens is 1. The molecule has 0 spiro atoms. The first-order chi connectivity index (χ1) is 8.66. The summed E-state index contributed by atoms with van der Waals surface area (Å²) >= 11 is 6.00. The Labute approximate surface area is 111 Å². The second-order valence-corrected chi connectivity index (χ2v) is 6.23. The Morgan fingerprint density at radius 3 is 2.67 bits per heavy atom. The first-order valence-corrected chi connectivity index (χ1v) is 7.20. The van der Waals surface area contributed by atoms with Gasteiger partial charge in [0.15, 0.2) is 0 Å². The van der Waals surface area contributed by atoms with E-state index in [2.05, 4.69) is 4.98 Å². The van der Waals surface area contributed by atoms with Crippen LogP contribution in [0.1, 0.15) is 10.5 Å². The fraction of sp³-hybridized carbons (Fsp3) is 0. The lowest BCUT2D eigenvalue weighted by atomic mass is 10.2. The summed E-state index contributed by atoms with van der Waals surface area (Å²) in [4.78, 5) is 15.1. The molecule has 0 aliphatic carbocycles. The molecule has 1 aromatic heterocycles. The summed E-state index contributed by atoms with van der Waals surface area (Å²) in [7, 11) is -0.700. The topological polar surface area (TPSA) is 53.1 Å². The Bertz CT molecular complexity index is 690. The molecule has 0 fully saturated rings. The number of rotatable bonds is 2. The molecule has 3 rings (SSSR count). The van der Waals surface area contributed by atoms with Gasteiger partial charge in [-0.1, -0.05) is 23.8 Å². The maximum atomic E-state index is 11.3. The molecular formula is C13H10ClNO2S. The third-order valence-electron chi connectivity index (χ3n) is 2.81. The van der Waals surface area contributed by atoms with Gasteiger partial charge in [-0.25, -0.2) is 4.79 Å². The summed E-state index contributed by atoms with van der Waals surface area (Å²) in [5.41, 5.74) is 1.07. The maximum absolute atomic E-state index is 11.3. The summed E-state index contributed by atoms with van der Waals surface area (Å²) in [5.74, 6) is -0.937. The van der Waals surface area contributed by atoms with Crippen LogP contribution in [0.3, 0.4) is 0 Å². The normalized spacial score (nSPS) is 15.7. The lowest BCUT2D eigenvalue weighted by molar-refractivity contribution is 0.0688. The highest BCUT2D eigenvalue weighted by atomic mass is 35.5. The van der Waals surface area contributed by atoms with Gasteiger partial charge in [0.1, 0.15) is 5.69 Å². The molecule has 0 bridgehead atoms. The van der Waals surface area contributed by atoms with Gasteiger partial charge in [-0.2, -0.15) is 10.9 Å². The van der Waals surface area contributed by atoms with Gasteiger partial charge in [0.25, 0.3) is 0 Å². The minimum atomic E-state index is -0.937. The second kappa shape index (κ2) is 4.23. The molecular weight excluding hydrogens is 270 g/mol. The van der Waals surface area contributed by atoms with Crippen molar-refractivity contribution >= 4 is 39.4 Å². The van der Waals surface area contributed by atoms with Crippen molar-refractivity contribution in [2.24, 2.45) is 0 Å². The van der Waals surface area contributed by atoms with Crippen LogP contribution in [0.2, 0.25) is 5.02 Å². The van der Waals surface area contributed by atoms with E-state index in [0.717, 1.165) is 15.8 Å². The second-order valence-electron chi connectivity index (χ2n) is 3.93. The van der Waals surface area contributed by atoms with Crippen molar-refractivity contribution < 1.29 is 9.90 Å². The van der Waals surface area contributed by atoms with E-state index in [0.29, 0.717) is 5.02 Å². The minimum absolute atomic E-state index is 0.259. The molecule has 0 unspecified atom stereocenters. The molecule has 3 nitrogen and oxygen atoms in total. The molecule has 2 N–H and O–H groups in total. The lowest BCUT2D eigenvalue weighted by Crippen LogP contribution is -1.98. The number of aromatic carboxylic acids is 1. The Kier molecular flexibility index (Phi) is 2.69. The van der Waals surface area contributed by atoms with Gasteiger partial charge in [0.05, 0.1) is 0 Å². The number of fused-ring (bicyclic) bond motifs is 1. The van der Waals surface area contributed by atoms with Crippen molar-refractivity contribution in [2.75, 3.05) is 0 Å². The quantitative estimate of drug-likeness (QED) is 0.730. The van der Waals surface area contributed by atoms with Crippen LogP contribution in [-0.2, 0) is 0 Å². The molecule has 0 amide bonds. The first kappa shape index (κ1) is 11.4. The van der Waals surface area contributed by atoms with Gasteiger partial charge in [-0.3, -0.25) is 0 Å². The number of carboxylic acids is 1. The molecule has 0 saturated heterocycles. The average molecular weight is 280 g/mol. The zero-order chi connectivity index (χ0) is 12.7. The van der Waals surface area contributed by atoms with E-state index in [4.69, 9.17) is 11.6 Å². The number of carbonyl (C=O) groups is 1. The summed E-state index contributed by atoms with van der Waals surface area (Å²) in [6.45, 7) is 0. The molecule has 2 heterocycles. The number of benzene rings is 1. The molecule has 0 saturated carbocycles. The zero-order valence-corrected chi connectivity index (χ0v) is 10.9. The maximum Gasteiger partial charge on any atom is 0.353 e. The van der Waals surface area contributed by atoms with E-state index >= 15 is 0 Å². The van der Waals surface area contributed by atoms with Gasteiger partial charge in [0.2, 0.25) is 0 Å². The SMILES string of the molecule is O=C(O)c1[nH]c2ccc(Cl)cc2c1[SH]1C=CC=C1. The van der Waals surface area contributed by atoms with Crippen molar-refractivity contribution in [3.05, 3.63) is 51.9 Å². The number of hydrogen-bond acceptors (Lipinski definition) is 1. The van der Waals surface area contributed by atoms with Gasteiger partial charge in [-0.05, 0) is 29.0 Å². The van der Waals surface area contributed by atoms with Crippen molar-refractivity contribution in [3.8, 4) is 0 Å². The highest BCUT2D eigenvalue weighted by Gasteiger charge is 2.20. The van der Waals surface area contributed by atoms with E-state index in [1.165, 1.54) is 0 Å². The van der Waals surface area contributed by atoms with Crippen molar-refractivity contribution in [2.45, 2.75) is 4.90 Å². The third kappa shape index (κ3) is 1.74. The van der Waals surface area contributed by atoms with Crippen molar-refractivity contribution in [3.63, 3.8) is 0 Å². The average Bonchev–Trinajstić information content (AvgIpc) is 2.93. The van der Waals surface area contributed by atoms with Gasteiger partial charge >= 0.3 is 5.97 Å². The third-order valence-corrected chi connectivity index (χ3v) is 5.01. The summed E-state index contributed by atoms with van der Waals surface area (Å²) in [5, 5.41) is 14.9. The van der Waals surface area contributed by atoms with E-state index in [1.807, 2.05) is 35.1 Å². The van der Waals surface area contributed by atoms with Crippen LogP contribution in [-0.4, -0.2) is 16.1 Å². The molecule has 5 heteroatoms. The number of allylic oxidation sites excluding steroid dienone is 2. The van der Waals surface area contributed by atoms with E-state index < -0.39 is 16.9 Å². The van der Waals surface area contributed by atoms with Gasteiger partial charge in [-0.15, -0.1) is 0 Å². The molecule has 1 aliphatic rings. The van der Waals surface area contributed by atoms with Crippen molar-refractivity contribution in [1.82, 2.24) is 4.98 Å². The predicted molar refractivity (Wildman–Crippen MR) is 75.8 cm³/mol. The van der Waals surface area contributed by atoms with E-state index in [-0.39, 0.29) is 5.69 Å². The fourth-order valence-corrected chi connectivity index (χ4v) is 4.07. The molecule has 18 heavy (non-hydrogen) atoms. The molecule has 0 radical (unpaired) electrons. The Hall–Kier alpha value is -1.65. The number of nitrogens with one attached hydrogen (secondary N) is 1. The number of carboxylic acid groups (broad SMARTS) is 1. The lowest BCUT2D eigenvalue weighted by Gasteiger charge is -2.10. The van der Waals surface area contributed by atoms with Crippen LogP contribution in [0.4, 0.5) is 0 Å². The largest absolute Gasteiger partial charge is 0.477 e. The number of halogens is 1. The highest BCUT2D eigenvalue weighted by Crippen LogP contribution is 2.48. The molecule has 92 valence electrons. The Balaban J connectivity index is 2.33. The predicted octanol–water partition coefficient (Wildman–Crippen LogP) is 3.92. The summed E-state index contributed by atoms with van der Waals surface area (Å²) in [6.07, 6.45) is 3.89. The molecule has 1 aromatic carbocycles. The molecule has 0 atom stereocenters. The Morgan fingerprint density at radius 1 is 1.28 bits per heavy atom. The van der Waals surface area contributed by atoms with Gasteiger partial charge < -0.3 is 10.1 Å². The number of hydrogen-bond donors (Lipinski definition) is 3. The first-order valence-electron chi connectivity index (χ1n) is 5.34. The fourth-order valence-electron chi connectivity index (χ4n) is 2.06. The van der Waals surface area contributed by atoms with Crippen LogP contribution in [0.15, 0.2) is 46.1 Å². The van der Waals surface area contributed by atoms with E-state index in [9.17, 15) is 9.90 Å². The summed E-state index contributed by atoms with van der Waals surface area (Å²) in [6, 6.07) is 5.38. The number of thiol groups is 1. The van der Waals surface area contributed by atoms with Crippen LogP contribution in [0.25, 0.3) is 10.9 Å². The van der Waals surface area contributed by atoms with Crippen LogP contribution >= 0.6 is 22.5 Å². The summed E-state index contributed by atoms with van der Waals surface area (Å²) < 4.78 is 0. The van der Waals surface area contributed by atoms with Crippen LogP contribution in [0, 0.1) is 0 Å². The Morgan fingerprint density at radius 2 is 2.00 bits per heavy atom. The highest BCUT2D eigenvalue weighted by molar-refractivity contribution is 8.22. The van der Waals surface area contributed by atoms with E-state index in [1.54, 1.807) is 6.07 Å². The minimum Gasteiger partial charge on any atom is -0.477 e. The molecule has 1 aliphatic heterocycles. The zero-order valence-electron chi connectivity index (χ0n) is 9.22. The number of H-pyrrole nitrogens is 1. The number of aromatic amines is 1. The monoisotopic (exact) mass is 279 g/mol. The standard InChI is InChI=1S/C13H10ClNO2S/c14-8-3-4-10-9(7-8)12(11(15-10)13(16)17)18-5-1-2-6-18/h1-7,15,18H,(H,16,17). The van der Waals surface area contributed by atoms with Gasteiger partial charge in [0, 0.05) is 20.8 Å². The van der Waals surface area contributed by atoms with Crippen LogP contribution < -0.4 is 0 Å². The van der Waals surface area contributed by atoms with Crippen molar-refractivity contribution in [1.29, 1.82) is 0 Å². The van der Waals surface area contributed by atoms with Crippen LogP contribution in [0.5, 0.6) is 0 Å².